The van der Waals surface area contributed by atoms with Crippen LogP contribution in [0.2, 0.25) is 0 Å². The fraction of sp³-hybridized carbons (Fsp3) is 0.765. The van der Waals surface area contributed by atoms with Crippen LogP contribution >= 0.6 is 0 Å². The van der Waals surface area contributed by atoms with E-state index in [1.54, 1.807) is 25.1 Å². The fourth-order valence-corrected chi connectivity index (χ4v) is 3.51. The first kappa shape index (κ1) is 17.8. The maximum Gasteiger partial charge on any atom is 0.315 e. The highest BCUT2D eigenvalue weighted by atomic mass is 16.2. The van der Waals surface area contributed by atoms with Crippen molar-refractivity contribution in [3.05, 3.63) is 12.7 Å². The fourth-order valence-electron chi connectivity index (χ4n) is 3.51. The second-order valence-electron chi connectivity index (χ2n) is 7.54. The van der Waals surface area contributed by atoms with Crippen LogP contribution in [0.3, 0.4) is 0 Å². The topological polar surface area (TPSA) is 64.7 Å². The summed E-state index contributed by atoms with van der Waals surface area (Å²) >= 11 is 0. The van der Waals surface area contributed by atoms with Gasteiger partial charge in [-0.1, -0.05) is 6.08 Å². The summed E-state index contributed by atoms with van der Waals surface area (Å²) in [5.74, 6) is 0.152. The summed E-state index contributed by atoms with van der Waals surface area (Å²) in [6.45, 7) is 8.05. The number of hydrogen-bond donors (Lipinski definition) is 2. The van der Waals surface area contributed by atoms with E-state index in [4.69, 9.17) is 0 Å². The quantitative estimate of drug-likeness (QED) is 0.751. The molecule has 2 rings (SSSR count). The Bertz CT molecular complexity index is 461. The number of carbonyl (C=O) groups excluding carboxylic acids is 2. The Hall–Kier alpha value is -1.56. The predicted octanol–water partition coefficient (Wildman–Crippen LogP) is 1.33. The van der Waals surface area contributed by atoms with Gasteiger partial charge in [0.25, 0.3) is 0 Å². The van der Waals surface area contributed by atoms with Crippen LogP contribution in [-0.2, 0) is 4.79 Å². The minimum Gasteiger partial charge on any atom is -0.348 e. The summed E-state index contributed by atoms with van der Waals surface area (Å²) in [7, 11) is 3.59. The summed E-state index contributed by atoms with van der Waals surface area (Å²) in [5.41, 5.74) is -0.415. The molecule has 0 spiro atoms. The van der Waals surface area contributed by atoms with E-state index in [1.165, 1.54) is 0 Å². The number of amides is 3. The molecule has 130 valence electrons. The minimum atomic E-state index is -0.415. The SMILES string of the molecule is C=CC(C)(C)NC(=O)NC1CC2CCC(C1)N2CC(=O)N(C)C. The van der Waals surface area contributed by atoms with E-state index in [0.717, 1.165) is 25.7 Å². The lowest BCUT2D eigenvalue weighted by molar-refractivity contribution is -0.131. The Kier molecular flexibility index (Phi) is 5.34. The Morgan fingerprint density at radius 2 is 1.83 bits per heavy atom. The van der Waals surface area contributed by atoms with E-state index in [2.05, 4.69) is 22.1 Å². The molecule has 0 aliphatic carbocycles. The van der Waals surface area contributed by atoms with Gasteiger partial charge in [-0.05, 0) is 39.5 Å². The molecule has 3 amide bonds. The number of piperidine rings is 1. The summed E-state index contributed by atoms with van der Waals surface area (Å²) in [5, 5.41) is 6.01. The van der Waals surface area contributed by atoms with E-state index in [9.17, 15) is 9.59 Å². The zero-order valence-electron chi connectivity index (χ0n) is 14.8. The second kappa shape index (κ2) is 6.91. The van der Waals surface area contributed by atoms with Gasteiger partial charge in [0.15, 0.2) is 0 Å². The van der Waals surface area contributed by atoms with Crippen LogP contribution in [0.15, 0.2) is 12.7 Å². The normalized spacial score (nSPS) is 27.4. The number of carbonyl (C=O) groups is 2. The highest BCUT2D eigenvalue weighted by Gasteiger charge is 2.42. The highest BCUT2D eigenvalue weighted by Crippen LogP contribution is 2.35. The van der Waals surface area contributed by atoms with Crippen molar-refractivity contribution in [2.75, 3.05) is 20.6 Å². The van der Waals surface area contributed by atoms with Crippen LogP contribution in [0.1, 0.15) is 39.5 Å². The summed E-state index contributed by atoms with van der Waals surface area (Å²) < 4.78 is 0. The molecule has 0 aromatic heterocycles. The average Bonchev–Trinajstić information content (AvgIpc) is 2.69. The molecule has 2 unspecified atom stereocenters. The zero-order valence-corrected chi connectivity index (χ0v) is 14.8. The van der Waals surface area contributed by atoms with Gasteiger partial charge in [0.2, 0.25) is 5.91 Å². The molecule has 2 atom stereocenters. The number of hydrogen-bond acceptors (Lipinski definition) is 3. The van der Waals surface area contributed by atoms with Crippen LogP contribution in [0.25, 0.3) is 0 Å². The van der Waals surface area contributed by atoms with Gasteiger partial charge in [-0.3, -0.25) is 9.69 Å². The smallest absolute Gasteiger partial charge is 0.315 e. The first-order chi connectivity index (χ1) is 10.7. The number of urea groups is 1. The standard InChI is InChI=1S/C17H30N4O2/c1-6-17(2,3)19-16(23)18-12-9-13-7-8-14(10-12)21(13)11-15(22)20(4)5/h6,12-14H,1,7-11H2,2-5H3,(H2,18,19,23). The number of likely N-dealkylation sites (N-methyl/N-ethyl adjacent to an activating group) is 1. The molecule has 2 saturated heterocycles. The van der Waals surface area contributed by atoms with Crippen LogP contribution in [0.4, 0.5) is 4.79 Å². The third kappa shape index (κ3) is 4.47. The van der Waals surface area contributed by atoms with Crippen molar-refractivity contribution >= 4 is 11.9 Å². The van der Waals surface area contributed by atoms with Gasteiger partial charge in [-0.15, -0.1) is 6.58 Å². The molecule has 2 aliphatic heterocycles. The van der Waals surface area contributed by atoms with Gasteiger partial charge in [0, 0.05) is 32.2 Å². The van der Waals surface area contributed by atoms with Crippen LogP contribution < -0.4 is 10.6 Å². The number of nitrogens with zero attached hydrogens (tertiary/aromatic N) is 2. The zero-order chi connectivity index (χ0) is 17.2. The van der Waals surface area contributed by atoms with Crippen molar-refractivity contribution in [2.45, 2.75) is 63.2 Å². The van der Waals surface area contributed by atoms with Crippen molar-refractivity contribution in [1.82, 2.24) is 20.4 Å². The van der Waals surface area contributed by atoms with Gasteiger partial charge in [-0.2, -0.15) is 0 Å². The molecule has 2 aliphatic rings. The number of rotatable bonds is 5. The van der Waals surface area contributed by atoms with Crippen LogP contribution in [0.5, 0.6) is 0 Å². The average molecular weight is 322 g/mol. The molecule has 2 heterocycles. The van der Waals surface area contributed by atoms with Gasteiger partial charge in [0.1, 0.15) is 0 Å². The number of nitrogens with one attached hydrogen (secondary N) is 2. The molecular formula is C17H30N4O2. The summed E-state index contributed by atoms with van der Waals surface area (Å²) in [6, 6.07) is 0.835. The lowest BCUT2D eigenvalue weighted by atomic mass is 9.97. The van der Waals surface area contributed by atoms with Gasteiger partial charge in [-0.25, -0.2) is 4.79 Å². The first-order valence-corrected chi connectivity index (χ1v) is 8.40. The molecule has 6 heteroatoms. The Morgan fingerprint density at radius 1 is 1.26 bits per heavy atom. The third-order valence-electron chi connectivity index (χ3n) is 4.98. The molecule has 2 N–H and O–H groups in total. The van der Waals surface area contributed by atoms with Crippen molar-refractivity contribution in [2.24, 2.45) is 0 Å². The van der Waals surface area contributed by atoms with Gasteiger partial charge in [0.05, 0.1) is 12.1 Å². The predicted molar refractivity (Wildman–Crippen MR) is 91.2 cm³/mol. The molecule has 2 bridgehead atoms. The Balaban J connectivity index is 1.88. The third-order valence-corrected chi connectivity index (χ3v) is 4.98. The van der Waals surface area contributed by atoms with Crippen molar-refractivity contribution in [1.29, 1.82) is 0 Å². The summed E-state index contributed by atoms with van der Waals surface area (Å²) in [4.78, 5) is 28.1. The molecule has 2 fully saturated rings. The minimum absolute atomic E-state index is 0.142. The lowest BCUT2D eigenvalue weighted by Gasteiger charge is -2.39. The highest BCUT2D eigenvalue weighted by molar-refractivity contribution is 5.78. The lowest BCUT2D eigenvalue weighted by Crippen LogP contribution is -2.56. The molecule has 0 aromatic rings. The molecular weight excluding hydrogens is 292 g/mol. The van der Waals surface area contributed by atoms with Gasteiger partial charge < -0.3 is 15.5 Å². The largest absolute Gasteiger partial charge is 0.348 e. The van der Waals surface area contributed by atoms with Gasteiger partial charge >= 0.3 is 6.03 Å². The van der Waals surface area contributed by atoms with E-state index in [0.29, 0.717) is 18.6 Å². The molecule has 23 heavy (non-hydrogen) atoms. The van der Waals surface area contributed by atoms with Crippen molar-refractivity contribution in [3.63, 3.8) is 0 Å². The molecule has 0 saturated carbocycles. The summed E-state index contributed by atoms with van der Waals surface area (Å²) in [6.07, 6.45) is 5.79. The van der Waals surface area contributed by atoms with E-state index >= 15 is 0 Å². The maximum absolute atomic E-state index is 12.1. The number of fused-ring (bicyclic) bond motifs is 2. The monoisotopic (exact) mass is 322 g/mol. The second-order valence-corrected chi connectivity index (χ2v) is 7.54. The van der Waals surface area contributed by atoms with E-state index < -0.39 is 5.54 Å². The van der Waals surface area contributed by atoms with Crippen LogP contribution in [0, 0.1) is 0 Å². The molecule has 0 radical (unpaired) electrons. The van der Waals surface area contributed by atoms with Crippen LogP contribution in [-0.4, -0.2) is 66.0 Å². The van der Waals surface area contributed by atoms with Crippen molar-refractivity contribution in [3.8, 4) is 0 Å². The Morgan fingerprint density at radius 3 is 2.30 bits per heavy atom. The molecule has 6 nitrogen and oxygen atoms in total. The van der Waals surface area contributed by atoms with E-state index in [-0.39, 0.29) is 18.0 Å². The first-order valence-electron chi connectivity index (χ1n) is 8.40. The maximum atomic E-state index is 12.1. The molecule has 0 aromatic carbocycles. The van der Waals surface area contributed by atoms with E-state index in [1.807, 2.05) is 13.8 Å². The Labute approximate surface area is 139 Å². The van der Waals surface area contributed by atoms with Crippen molar-refractivity contribution < 1.29 is 9.59 Å².